The minimum atomic E-state index is -0.963. The Morgan fingerprint density at radius 3 is 2.70 bits per heavy atom. The van der Waals surface area contributed by atoms with Crippen LogP contribution in [0.2, 0.25) is 0 Å². The highest BCUT2D eigenvalue weighted by Gasteiger charge is 2.32. The van der Waals surface area contributed by atoms with E-state index < -0.39 is 5.97 Å². The van der Waals surface area contributed by atoms with Crippen LogP contribution >= 0.6 is 0 Å². The average molecular weight is 277 g/mol. The first kappa shape index (κ1) is 14.8. The molecule has 4 nitrogen and oxygen atoms in total. The fourth-order valence-corrected chi connectivity index (χ4v) is 2.98. The van der Waals surface area contributed by atoms with E-state index in [0.29, 0.717) is 23.6 Å². The fraction of sp³-hybridized carbons (Fsp3) is 0.625. The third-order valence-electron chi connectivity index (χ3n) is 4.22. The largest absolute Gasteiger partial charge is 0.478 e. The number of aromatic carboxylic acids is 1. The lowest BCUT2D eigenvalue weighted by atomic mass is 9.75. The summed E-state index contributed by atoms with van der Waals surface area (Å²) in [5.74, 6) is 1.38. The summed E-state index contributed by atoms with van der Waals surface area (Å²) in [5, 5.41) is 8.87. The Morgan fingerprint density at radius 2 is 2.15 bits per heavy atom. The molecule has 2 rings (SSSR count). The Kier molecular flexibility index (Phi) is 4.63. The van der Waals surface area contributed by atoms with Gasteiger partial charge in [-0.05, 0) is 36.7 Å². The van der Waals surface area contributed by atoms with Crippen LogP contribution in [0.3, 0.4) is 0 Å². The molecular formula is C16H23NO3. The zero-order chi connectivity index (χ0) is 14.7. The number of carboxylic acids is 1. The van der Waals surface area contributed by atoms with Crippen LogP contribution in [-0.2, 0) is 0 Å². The van der Waals surface area contributed by atoms with Gasteiger partial charge in [0.25, 0.3) is 0 Å². The number of nitrogens with zero attached hydrogens (tertiary/aromatic N) is 1. The third kappa shape index (κ3) is 3.50. The Balaban J connectivity index is 2.07. The lowest BCUT2D eigenvalue weighted by Crippen LogP contribution is -2.36. The monoisotopic (exact) mass is 277 g/mol. The van der Waals surface area contributed by atoms with E-state index >= 15 is 0 Å². The smallest absolute Gasteiger partial charge is 0.337 e. The quantitative estimate of drug-likeness (QED) is 0.913. The van der Waals surface area contributed by atoms with Crippen molar-refractivity contribution in [2.24, 2.45) is 17.8 Å². The fourth-order valence-electron chi connectivity index (χ4n) is 2.98. The van der Waals surface area contributed by atoms with Gasteiger partial charge in [0.15, 0.2) is 0 Å². The predicted molar refractivity (Wildman–Crippen MR) is 77.0 cm³/mol. The van der Waals surface area contributed by atoms with Gasteiger partial charge in [-0.3, -0.25) is 0 Å². The van der Waals surface area contributed by atoms with Crippen LogP contribution in [0.15, 0.2) is 18.3 Å². The summed E-state index contributed by atoms with van der Waals surface area (Å²) >= 11 is 0. The lowest BCUT2D eigenvalue weighted by Gasteiger charge is -2.37. The van der Waals surface area contributed by atoms with Gasteiger partial charge < -0.3 is 9.84 Å². The van der Waals surface area contributed by atoms with E-state index in [9.17, 15) is 4.79 Å². The van der Waals surface area contributed by atoms with Crippen LogP contribution in [0.4, 0.5) is 0 Å². The molecule has 20 heavy (non-hydrogen) atoms. The van der Waals surface area contributed by atoms with Gasteiger partial charge in [0.05, 0.1) is 5.56 Å². The summed E-state index contributed by atoms with van der Waals surface area (Å²) < 4.78 is 6.03. The van der Waals surface area contributed by atoms with Crippen molar-refractivity contribution >= 4 is 5.97 Å². The van der Waals surface area contributed by atoms with Gasteiger partial charge in [-0.25, -0.2) is 9.78 Å². The minimum Gasteiger partial charge on any atom is -0.478 e. The minimum absolute atomic E-state index is 0.182. The van der Waals surface area contributed by atoms with Crippen LogP contribution in [0.25, 0.3) is 0 Å². The molecular weight excluding hydrogens is 254 g/mol. The first-order valence-corrected chi connectivity index (χ1v) is 7.33. The Hall–Kier alpha value is -1.58. The zero-order valence-electron chi connectivity index (χ0n) is 12.4. The molecule has 110 valence electrons. The molecule has 3 unspecified atom stereocenters. The molecule has 1 aromatic heterocycles. The Bertz CT molecular complexity index is 455. The van der Waals surface area contributed by atoms with Gasteiger partial charge in [0.1, 0.15) is 6.10 Å². The SMILES string of the molecule is CC1CCC(C(C)C)C(Oc2ccc(C(=O)O)cn2)C1. The topological polar surface area (TPSA) is 59.4 Å². The molecule has 1 aromatic rings. The first-order chi connectivity index (χ1) is 9.47. The van der Waals surface area contributed by atoms with E-state index in [1.165, 1.54) is 19.0 Å². The third-order valence-corrected chi connectivity index (χ3v) is 4.22. The van der Waals surface area contributed by atoms with Crippen LogP contribution in [-0.4, -0.2) is 22.2 Å². The molecule has 1 fully saturated rings. The molecule has 0 aromatic carbocycles. The second-order valence-electron chi connectivity index (χ2n) is 6.17. The summed E-state index contributed by atoms with van der Waals surface area (Å²) in [7, 11) is 0. The molecule has 1 aliphatic carbocycles. The summed E-state index contributed by atoms with van der Waals surface area (Å²) in [6, 6.07) is 3.20. The van der Waals surface area contributed by atoms with Gasteiger partial charge in [0, 0.05) is 12.3 Å². The highest BCUT2D eigenvalue weighted by molar-refractivity contribution is 5.87. The zero-order valence-corrected chi connectivity index (χ0v) is 12.4. The standard InChI is InChI=1S/C16H23NO3/c1-10(2)13-6-4-11(3)8-14(13)20-15-7-5-12(9-17-15)16(18)19/h5,7,9-11,13-14H,4,6,8H2,1-3H3,(H,18,19). The number of hydrogen-bond acceptors (Lipinski definition) is 3. The molecule has 3 atom stereocenters. The van der Waals surface area contributed by atoms with Gasteiger partial charge in [0.2, 0.25) is 5.88 Å². The van der Waals surface area contributed by atoms with Crippen LogP contribution in [0.1, 0.15) is 50.4 Å². The van der Waals surface area contributed by atoms with Crippen molar-refractivity contribution in [3.63, 3.8) is 0 Å². The second kappa shape index (κ2) is 6.25. The highest BCUT2D eigenvalue weighted by Crippen LogP contribution is 2.35. The van der Waals surface area contributed by atoms with E-state index in [4.69, 9.17) is 9.84 Å². The second-order valence-corrected chi connectivity index (χ2v) is 6.17. The summed E-state index contributed by atoms with van der Waals surface area (Å²) in [5.41, 5.74) is 0.190. The maximum absolute atomic E-state index is 10.8. The van der Waals surface area contributed by atoms with E-state index in [1.807, 2.05) is 0 Å². The average Bonchev–Trinajstić information content (AvgIpc) is 2.39. The van der Waals surface area contributed by atoms with E-state index in [-0.39, 0.29) is 11.7 Å². The molecule has 0 aliphatic heterocycles. The highest BCUT2D eigenvalue weighted by atomic mass is 16.5. The predicted octanol–water partition coefficient (Wildman–Crippen LogP) is 3.62. The Labute approximate surface area is 120 Å². The number of ether oxygens (including phenoxy) is 1. The van der Waals surface area contributed by atoms with Crippen molar-refractivity contribution in [2.45, 2.75) is 46.1 Å². The molecule has 0 saturated heterocycles. The van der Waals surface area contributed by atoms with Gasteiger partial charge in [-0.2, -0.15) is 0 Å². The van der Waals surface area contributed by atoms with Crippen molar-refractivity contribution in [3.8, 4) is 5.88 Å². The molecule has 0 bridgehead atoms. The number of carboxylic acid groups (broad SMARTS) is 1. The van der Waals surface area contributed by atoms with Crippen LogP contribution in [0, 0.1) is 17.8 Å². The van der Waals surface area contributed by atoms with Gasteiger partial charge in [-0.15, -0.1) is 0 Å². The van der Waals surface area contributed by atoms with Crippen molar-refractivity contribution in [2.75, 3.05) is 0 Å². The maximum atomic E-state index is 10.8. The van der Waals surface area contributed by atoms with Crippen molar-refractivity contribution < 1.29 is 14.6 Å². The number of hydrogen-bond donors (Lipinski definition) is 1. The van der Waals surface area contributed by atoms with E-state index in [2.05, 4.69) is 25.8 Å². The van der Waals surface area contributed by atoms with Gasteiger partial charge in [-0.1, -0.05) is 27.2 Å². The van der Waals surface area contributed by atoms with Crippen LogP contribution in [0.5, 0.6) is 5.88 Å². The van der Waals surface area contributed by atoms with Crippen molar-refractivity contribution in [1.82, 2.24) is 4.98 Å². The number of pyridine rings is 1. The Morgan fingerprint density at radius 1 is 1.40 bits per heavy atom. The molecule has 1 heterocycles. The molecule has 0 radical (unpaired) electrons. The van der Waals surface area contributed by atoms with Crippen LogP contribution < -0.4 is 4.74 Å². The molecule has 1 N–H and O–H groups in total. The van der Waals surface area contributed by atoms with E-state index in [1.54, 1.807) is 12.1 Å². The molecule has 1 saturated carbocycles. The lowest BCUT2D eigenvalue weighted by molar-refractivity contribution is 0.0426. The first-order valence-electron chi connectivity index (χ1n) is 7.33. The van der Waals surface area contributed by atoms with E-state index in [0.717, 1.165) is 6.42 Å². The molecule has 0 amide bonds. The maximum Gasteiger partial charge on any atom is 0.337 e. The van der Waals surface area contributed by atoms with Crippen molar-refractivity contribution in [1.29, 1.82) is 0 Å². The number of rotatable bonds is 4. The molecule has 0 spiro atoms. The number of aromatic nitrogens is 1. The summed E-state index contributed by atoms with van der Waals surface area (Å²) in [6.07, 6.45) is 5.03. The van der Waals surface area contributed by atoms with Gasteiger partial charge >= 0.3 is 5.97 Å². The summed E-state index contributed by atoms with van der Waals surface area (Å²) in [6.45, 7) is 6.73. The normalized spacial score (nSPS) is 26.5. The number of carbonyl (C=O) groups is 1. The molecule has 4 heteroatoms. The van der Waals surface area contributed by atoms with Crippen molar-refractivity contribution in [3.05, 3.63) is 23.9 Å². The molecule has 1 aliphatic rings. The summed E-state index contributed by atoms with van der Waals surface area (Å²) in [4.78, 5) is 14.9.